The predicted molar refractivity (Wildman–Crippen MR) is 58.9 cm³/mol. The molecule has 0 aromatic heterocycles. The molecule has 1 aromatic carbocycles. The molecule has 14 heavy (non-hydrogen) atoms. The van der Waals surface area contributed by atoms with E-state index in [4.69, 9.17) is 18.0 Å². The van der Waals surface area contributed by atoms with E-state index in [1.807, 2.05) is 0 Å². The normalized spacial score (nSPS) is 15.2. The van der Waals surface area contributed by atoms with Gasteiger partial charge in [0.15, 0.2) is 0 Å². The van der Waals surface area contributed by atoms with Crippen molar-refractivity contribution in [2.24, 2.45) is 5.73 Å². The molecule has 0 atom stereocenters. The number of hydrogen-bond acceptors (Lipinski definition) is 2. The van der Waals surface area contributed by atoms with Crippen LogP contribution in [0.5, 0.6) is 0 Å². The van der Waals surface area contributed by atoms with E-state index < -0.39 is 0 Å². The molecule has 1 saturated carbocycles. The van der Waals surface area contributed by atoms with Gasteiger partial charge >= 0.3 is 0 Å². The summed E-state index contributed by atoms with van der Waals surface area (Å²) >= 11 is 4.81. The summed E-state index contributed by atoms with van der Waals surface area (Å²) < 4.78 is 13.4. The van der Waals surface area contributed by atoms with E-state index >= 15 is 0 Å². The Labute approximate surface area is 87.3 Å². The van der Waals surface area contributed by atoms with Crippen molar-refractivity contribution in [2.75, 3.05) is 5.32 Å². The third-order valence-corrected chi connectivity index (χ3v) is 2.40. The number of rotatable bonds is 3. The Bertz CT molecular complexity index is 374. The summed E-state index contributed by atoms with van der Waals surface area (Å²) in [4.78, 5) is 0.103. The minimum absolute atomic E-state index is 0.103. The zero-order valence-electron chi connectivity index (χ0n) is 7.59. The molecule has 2 rings (SSSR count). The number of halogens is 1. The molecular formula is C10H11FN2S. The van der Waals surface area contributed by atoms with E-state index in [0.29, 0.717) is 17.3 Å². The Balaban J connectivity index is 2.35. The van der Waals surface area contributed by atoms with Crippen molar-refractivity contribution in [2.45, 2.75) is 18.9 Å². The van der Waals surface area contributed by atoms with Crippen molar-refractivity contribution in [1.29, 1.82) is 0 Å². The molecule has 0 bridgehead atoms. The van der Waals surface area contributed by atoms with Crippen LogP contribution in [0.1, 0.15) is 18.4 Å². The summed E-state index contributed by atoms with van der Waals surface area (Å²) in [6, 6.07) is 5.29. The summed E-state index contributed by atoms with van der Waals surface area (Å²) in [5.74, 6) is -0.358. The average molecular weight is 210 g/mol. The number of benzene rings is 1. The van der Waals surface area contributed by atoms with E-state index in [-0.39, 0.29) is 10.8 Å². The van der Waals surface area contributed by atoms with Crippen molar-refractivity contribution >= 4 is 22.9 Å². The highest BCUT2D eigenvalue weighted by Gasteiger charge is 2.23. The first kappa shape index (κ1) is 9.40. The third-order valence-electron chi connectivity index (χ3n) is 2.20. The molecule has 1 aromatic rings. The molecule has 74 valence electrons. The second kappa shape index (κ2) is 3.53. The first-order chi connectivity index (χ1) is 6.68. The minimum atomic E-state index is -0.358. The quantitative estimate of drug-likeness (QED) is 0.750. The second-order valence-corrected chi connectivity index (χ2v) is 3.89. The van der Waals surface area contributed by atoms with E-state index in [1.165, 1.54) is 6.07 Å². The van der Waals surface area contributed by atoms with Crippen LogP contribution in [0.15, 0.2) is 18.2 Å². The molecule has 0 aliphatic heterocycles. The van der Waals surface area contributed by atoms with Crippen molar-refractivity contribution in [3.63, 3.8) is 0 Å². The molecule has 0 saturated heterocycles. The summed E-state index contributed by atoms with van der Waals surface area (Å²) in [6.45, 7) is 0. The summed E-state index contributed by atoms with van der Waals surface area (Å²) in [5.41, 5.74) is 6.50. The first-order valence-electron chi connectivity index (χ1n) is 4.53. The van der Waals surface area contributed by atoms with Gasteiger partial charge in [-0.15, -0.1) is 0 Å². The highest BCUT2D eigenvalue weighted by Crippen LogP contribution is 2.27. The number of anilines is 1. The molecule has 4 heteroatoms. The highest BCUT2D eigenvalue weighted by molar-refractivity contribution is 7.80. The maximum Gasteiger partial charge on any atom is 0.135 e. The predicted octanol–water partition coefficient (Wildman–Crippen LogP) is 2.03. The van der Waals surface area contributed by atoms with Gasteiger partial charge in [0, 0.05) is 11.7 Å². The van der Waals surface area contributed by atoms with Crippen LogP contribution in [-0.4, -0.2) is 11.0 Å². The minimum Gasteiger partial charge on any atom is -0.389 e. The van der Waals surface area contributed by atoms with Gasteiger partial charge < -0.3 is 11.1 Å². The van der Waals surface area contributed by atoms with Crippen LogP contribution in [-0.2, 0) is 0 Å². The smallest absolute Gasteiger partial charge is 0.135 e. The number of thiocarbonyl (C=S) groups is 1. The summed E-state index contributed by atoms with van der Waals surface area (Å²) in [5, 5.41) is 3.20. The van der Waals surface area contributed by atoms with Gasteiger partial charge in [-0.25, -0.2) is 4.39 Å². The fourth-order valence-electron chi connectivity index (χ4n) is 1.34. The van der Waals surface area contributed by atoms with E-state index in [1.54, 1.807) is 12.1 Å². The molecule has 0 amide bonds. The van der Waals surface area contributed by atoms with Crippen LogP contribution in [0.3, 0.4) is 0 Å². The van der Waals surface area contributed by atoms with Crippen molar-refractivity contribution in [3.8, 4) is 0 Å². The lowest BCUT2D eigenvalue weighted by molar-refractivity contribution is 0.626. The van der Waals surface area contributed by atoms with Crippen LogP contribution in [0, 0.1) is 5.82 Å². The molecule has 0 heterocycles. The molecular weight excluding hydrogens is 199 g/mol. The van der Waals surface area contributed by atoms with Crippen LogP contribution < -0.4 is 11.1 Å². The fraction of sp³-hybridized carbons (Fsp3) is 0.300. The Hall–Kier alpha value is -1.16. The Morgan fingerprint density at radius 2 is 2.21 bits per heavy atom. The van der Waals surface area contributed by atoms with Crippen LogP contribution >= 0.6 is 12.2 Å². The van der Waals surface area contributed by atoms with Crippen molar-refractivity contribution in [1.82, 2.24) is 0 Å². The lowest BCUT2D eigenvalue weighted by Gasteiger charge is -2.10. The lowest BCUT2D eigenvalue weighted by Crippen LogP contribution is -2.16. The lowest BCUT2D eigenvalue weighted by atomic mass is 10.1. The summed E-state index contributed by atoms with van der Waals surface area (Å²) in [7, 11) is 0. The molecule has 3 N–H and O–H groups in total. The van der Waals surface area contributed by atoms with Gasteiger partial charge in [-0.05, 0) is 25.0 Å². The molecule has 0 unspecified atom stereocenters. The van der Waals surface area contributed by atoms with E-state index in [0.717, 1.165) is 12.8 Å². The van der Waals surface area contributed by atoms with Gasteiger partial charge in [0.2, 0.25) is 0 Å². The first-order valence-corrected chi connectivity index (χ1v) is 4.94. The van der Waals surface area contributed by atoms with E-state index in [2.05, 4.69) is 5.32 Å². The van der Waals surface area contributed by atoms with Crippen LogP contribution in [0.25, 0.3) is 0 Å². The Morgan fingerprint density at radius 3 is 2.79 bits per heavy atom. The Morgan fingerprint density at radius 1 is 1.50 bits per heavy atom. The zero-order chi connectivity index (χ0) is 10.1. The number of nitrogens with two attached hydrogens (primary N) is 1. The van der Waals surface area contributed by atoms with Gasteiger partial charge in [-0.3, -0.25) is 0 Å². The molecule has 2 nitrogen and oxygen atoms in total. The number of hydrogen-bond donors (Lipinski definition) is 2. The van der Waals surface area contributed by atoms with Gasteiger partial charge in [0.05, 0.1) is 5.56 Å². The van der Waals surface area contributed by atoms with Crippen LogP contribution in [0.4, 0.5) is 10.1 Å². The van der Waals surface area contributed by atoms with E-state index in [9.17, 15) is 4.39 Å². The number of nitrogens with one attached hydrogen (secondary N) is 1. The molecule has 1 fully saturated rings. The third kappa shape index (κ3) is 1.85. The topological polar surface area (TPSA) is 38.0 Å². The molecule has 1 aliphatic rings. The zero-order valence-corrected chi connectivity index (χ0v) is 8.40. The molecule has 0 radical (unpaired) electrons. The van der Waals surface area contributed by atoms with Crippen LogP contribution in [0.2, 0.25) is 0 Å². The van der Waals surface area contributed by atoms with Gasteiger partial charge in [-0.2, -0.15) is 0 Å². The summed E-state index contributed by atoms with van der Waals surface area (Å²) in [6.07, 6.45) is 2.26. The SMILES string of the molecule is NC(=S)c1c(F)cccc1NC1CC1. The Kier molecular flexibility index (Phi) is 2.37. The second-order valence-electron chi connectivity index (χ2n) is 3.45. The van der Waals surface area contributed by atoms with Gasteiger partial charge in [0.1, 0.15) is 10.8 Å². The van der Waals surface area contributed by atoms with Gasteiger partial charge in [0.25, 0.3) is 0 Å². The maximum absolute atomic E-state index is 13.4. The largest absolute Gasteiger partial charge is 0.389 e. The van der Waals surface area contributed by atoms with Gasteiger partial charge in [-0.1, -0.05) is 18.3 Å². The standard InChI is InChI=1S/C10H11FN2S/c11-7-2-1-3-8(9(7)10(12)14)13-6-4-5-6/h1-3,6,13H,4-5H2,(H2,12,14). The molecule has 1 aliphatic carbocycles. The fourth-order valence-corrected chi connectivity index (χ4v) is 1.55. The van der Waals surface area contributed by atoms with Crippen molar-refractivity contribution in [3.05, 3.63) is 29.6 Å². The molecule has 0 spiro atoms. The maximum atomic E-state index is 13.4. The highest BCUT2D eigenvalue weighted by atomic mass is 32.1. The average Bonchev–Trinajstić information content (AvgIpc) is 2.87. The monoisotopic (exact) mass is 210 g/mol. The van der Waals surface area contributed by atoms with Crippen molar-refractivity contribution < 1.29 is 4.39 Å².